The van der Waals surface area contributed by atoms with E-state index in [0.717, 1.165) is 4.90 Å². The van der Waals surface area contributed by atoms with Crippen molar-refractivity contribution in [3.8, 4) is 22.3 Å². The van der Waals surface area contributed by atoms with E-state index in [1.54, 1.807) is 0 Å². The molecular weight excluding hydrogens is 562 g/mol. The third kappa shape index (κ3) is 7.87. The first-order chi connectivity index (χ1) is 18.0. The molecule has 0 radical (unpaired) electrons. The van der Waals surface area contributed by atoms with Crippen molar-refractivity contribution in [1.82, 2.24) is 0 Å². The van der Waals surface area contributed by atoms with Crippen LogP contribution in [-0.2, 0) is 22.5 Å². The van der Waals surface area contributed by atoms with E-state index in [9.17, 15) is 34.8 Å². The minimum absolute atomic E-state index is 0.0788. The molecule has 0 aliphatic carbocycles. The molecule has 0 spiro atoms. The van der Waals surface area contributed by atoms with Gasteiger partial charge in [-0.15, -0.1) is 12.6 Å². The Hall–Kier alpha value is -3.28. The average molecular weight is 585 g/mol. The number of benzene rings is 4. The number of aryl methyl sites for hydroxylation is 2. The molecule has 0 atom stereocenters. The Balaban J connectivity index is 0.000000219. The molecule has 0 heterocycles. The fourth-order valence-electron chi connectivity index (χ4n) is 3.61. The summed E-state index contributed by atoms with van der Waals surface area (Å²) < 4.78 is 103. The van der Waals surface area contributed by atoms with Crippen LogP contribution in [0, 0.1) is 13.8 Å². The molecule has 0 saturated carbocycles. The maximum atomic E-state index is 12.3. The van der Waals surface area contributed by atoms with Crippen LogP contribution in [0.5, 0.6) is 0 Å². The van der Waals surface area contributed by atoms with Crippen LogP contribution in [0.1, 0.15) is 22.3 Å². The van der Waals surface area contributed by atoms with Crippen molar-refractivity contribution in [1.29, 1.82) is 0 Å². The van der Waals surface area contributed by atoms with Gasteiger partial charge in [0.25, 0.3) is 10.1 Å². The maximum absolute atomic E-state index is 12.3. The predicted molar refractivity (Wildman–Crippen MR) is 140 cm³/mol. The van der Waals surface area contributed by atoms with Gasteiger partial charge in [-0.05, 0) is 54.8 Å². The molecule has 0 aromatic heterocycles. The highest BCUT2D eigenvalue weighted by Crippen LogP contribution is 2.38. The lowest BCUT2D eigenvalue weighted by atomic mass is 9.93. The highest BCUT2D eigenvalue weighted by molar-refractivity contribution is 7.85. The standard InChI is InChI=1S/C20H18S.C8H4F6O3S/c1-14-6-10-16(11-7-14)18-4-3-5-19(21)20(18)17-12-8-15(2)9-13-17;9-7(10,11)4-1-5(8(12,13)14)3-6(2-4)18(15,16)17/h3-13,21H,1-2H3;1-3H,(H,15,16,17). The van der Waals surface area contributed by atoms with Crippen molar-refractivity contribution in [2.45, 2.75) is 36.0 Å². The smallest absolute Gasteiger partial charge is 0.282 e. The van der Waals surface area contributed by atoms with Crippen LogP contribution in [0.3, 0.4) is 0 Å². The van der Waals surface area contributed by atoms with Crippen molar-refractivity contribution < 1.29 is 39.3 Å². The number of rotatable bonds is 3. The normalized spacial score (nSPS) is 12.1. The van der Waals surface area contributed by atoms with Crippen LogP contribution in [0.2, 0.25) is 0 Å². The lowest BCUT2D eigenvalue weighted by Gasteiger charge is -2.13. The molecule has 0 unspecified atom stereocenters. The van der Waals surface area contributed by atoms with Gasteiger partial charge in [0.15, 0.2) is 0 Å². The summed E-state index contributed by atoms with van der Waals surface area (Å²) in [5.41, 5.74) is 3.78. The van der Waals surface area contributed by atoms with Crippen molar-refractivity contribution in [3.05, 3.63) is 107 Å². The van der Waals surface area contributed by atoms with E-state index in [2.05, 4.69) is 93.2 Å². The Morgan fingerprint density at radius 2 is 1.10 bits per heavy atom. The third-order valence-corrected chi connectivity index (χ3v) is 6.81. The highest BCUT2D eigenvalue weighted by Gasteiger charge is 2.38. The monoisotopic (exact) mass is 584 g/mol. The molecule has 0 aliphatic rings. The Morgan fingerprint density at radius 1 is 0.667 bits per heavy atom. The molecule has 0 fully saturated rings. The predicted octanol–water partition coefficient (Wildman–Crippen LogP) is 8.90. The fourth-order valence-corrected chi connectivity index (χ4v) is 4.50. The van der Waals surface area contributed by atoms with Gasteiger partial charge in [0.1, 0.15) is 0 Å². The maximum Gasteiger partial charge on any atom is 0.416 e. The Kier molecular flexibility index (Phi) is 8.88. The summed E-state index contributed by atoms with van der Waals surface area (Å²) >= 11 is 4.68. The molecule has 3 nitrogen and oxygen atoms in total. The van der Waals surface area contributed by atoms with Gasteiger partial charge in [-0.1, -0.05) is 71.8 Å². The second-order valence-electron chi connectivity index (χ2n) is 8.65. The molecule has 206 valence electrons. The van der Waals surface area contributed by atoms with Gasteiger partial charge in [0.05, 0.1) is 16.0 Å². The van der Waals surface area contributed by atoms with Crippen LogP contribution < -0.4 is 0 Å². The zero-order valence-corrected chi connectivity index (χ0v) is 22.2. The summed E-state index contributed by atoms with van der Waals surface area (Å²) in [4.78, 5) is -0.457. The summed E-state index contributed by atoms with van der Waals surface area (Å²) in [5.74, 6) is 0. The lowest BCUT2D eigenvalue weighted by molar-refractivity contribution is -0.143. The molecule has 39 heavy (non-hydrogen) atoms. The van der Waals surface area contributed by atoms with E-state index in [-0.39, 0.29) is 18.2 Å². The van der Waals surface area contributed by atoms with Crippen LogP contribution in [0.15, 0.2) is 94.7 Å². The first-order valence-corrected chi connectivity index (χ1v) is 13.1. The molecule has 4 rings (SSSR count). The van der Waals surface area contributed by atoms with Crippen LogP contribution >= 0.6 is 12.6 Å². The van der Waals surface area contributed by atoms with Crippen molar-refractivity contribution in [2.75, 3.05) is 0 Å². The van der Waals surface area contributed by atoms with E-state index in [1.165, 1.54) is 33.4 Å². The quantitative estimate of drug-likeness (QED) is 0.144. The summed E-state index contributed by atoms with van der Waals surface area (Å²) in [6.45, 7) is 4.22. The van der Waals surface area contributed by atoms with E-state index < -0.39 is 38.5 Å². The highest BCUT2D eigenvalue weighted by atomic mass is 32.2. The summed E-state index contributed by atoms with van der Waals surface area (Å²) in [6.07, 6.45) is -10.3. The average Bonchev–Trinajstić information content (AvgIpc) is 2.84. The van der Waals surface area contributed by atoms with Gasteiger partial charge < -0.3 is 0 Å². The largest absolute Gasteiger partial charge is 0.416 e. The molecule has 4 aromatic carbocycles. The minimum atomic E-state index is -5.17. The van der Waals surface area contributed by atoms with E-state index in [4.69, 9.17) is 4.55 Å². The third-order valence-electron chi connectivity index (χ3n) is 5.60. The van der Waals surface area contributed by atoms with Crippen molar-refractivity contribution in [3.63, 3.8) is 0 Å². The zero-order valence-electron chi connectivity index (χ0n) is 20.5. The minimum Gasteiger partial charge on any atom is -0.282 e. The number of thiol groups is 1. The first kappa shape index (κ1) is 30.3. The number of alkyl halides is 6. The second kappa shape index (κ2) is 11.4. The molecule has 4 aromatic rings. The van der Waals surface area contributed by atoms with Gasteiger partial charge in [-0.2, -0.15) is 34.8 Å². The molecule has 0 bridgehead atoms. The second-order valence-corrected chi connectivity index (χ2v) is 10.6. The van der Waals surface area contributed by atoms with Crippen LogP contribution in [-0.4, -0.2) is 13.0 Å². The molecule has 0 saturated heterocycles. The Morgan fingerprint density at radius 3 is 1.51 bits per heavy atom. The van der Waals surface area contributed by atoms with E-state index in [0.29, 0.717) is 0 Å². The molecule has 0 amide bonds. The topological polar surface area (TPSA) is 54.4 Å². The van der Waals surface area contributed by atoms with Gasteiger partial charge >= 0.3 is 12.4 Å². The SMILES string of the molecule is Cc1ccc(-c2cccc(S)c2-c2ccc(C)cc2)cc1.O=S(=O)(O)c1cc(C(F)(F)F)cc(C(F)(F)F)c1. The van der Waals surface area contributed by atoms with Crippen molar-refractivity contribution >= 4 is 22.7 Å². The summed E-state index contributed by atoms with van der Waals surface area (Å²) in [7, 11) is -5.17. The zero-order chi connectivity index (χ0) is 29.2. The lowest BCUT2D eigenvalue weighted by Crippen LogP contribution is -2.13. The molecule has 1 N–H and O–H groups in total. The van der Waals surface area contributed by atoms with E-state index in [1.807, 2.05) is 0 Å². The molecule has 11 heteroatoms. The fraction of sp³-hybridized carbons (Fsp3) is 0.143. The number of halogens is 6. The Labute approximate surface area is 227 Å². The summed E-state index contributed by atoms with van der Waals surface area (Å²) in [5, 5.41) is 0. The van der Waals surface area contributed by atoms with Crippen LogP contribution in [0.4, 0.5) is 26.3 Å². The van der Waals surface area contributed by atoms with Crippen molar-refractivity contribution in [2.24, 2.45) is 0 Å². The van der Waals surface area contributed by atoms with Gasteiger partial charge in [0, 0.05) is 10.5 Å². The van der Waals surface area contributed by atoms with Gasteiger partial charge in [-0.3, -0.25) is 4.55 Å². The first-order valence-electron chi connectivity index (χ1n) is 11.2. The molecular formula is C28H22F6O3S2. The Bertz CT molecular complexity index is 1530. The van der Waals surface area contributed by atoms with Gasteiger partial charge in [-0.25, -0.2) is 0 Å². The summed E-state index contributed by atoms with van der Waals surface area (Å²) in [6, 6.07) is 23.2. The van der Waals surface area contributed by atoms with Crippen LogP contribution in [0.25, 0.3) is 22.3 Å². The number of hydrogen-bond donors (Lipinski definition) is 2. The van der Waals surface area contributed by atoms with Gasteiger partial charge in [0.2, 0.25) is 0 Å². The molecule has 0 aliphatic heterocycles. The number of hydrogen-bond acceptors (Lipinski definition) is 3. The van der Waals surface area contributed by atoms with E-state index >= 15 is 0 Å².